The molecule has 134 valence electrons. The van der Waals surface area contributed by atoms with Crippen LogP contribution in [0.15, 0.2) is 54.6 Å². The summed E-state index contributed by atoms with van der Waals surface area (Å²) in [6, 6.07) is 17.6. The normalized spacial score (nSPS) is 14.6. The molecule has 4 heteroatoms. The fourth-order valence-corrected chi connectivity index (χ4v) is 3.06. The summed E-state index contributed by atoms with van der Waals surface area (Å²) in [5, 5.41) is 0. The maximum absolute atomic E-state index is 12.3. The molecule has 1 saturated heterocycles. The number of benzene rings is 2. The number of halogens is 1. The smallest absolute Gasteiger partial charge is 0.164 e. The van der Waals surface area contributed by atoms with Crippen LogP contribution in [0, 0.1) is 0 Å². The van der Waals surface area contributed by atoms with Gasteiger partial charge in [0.2, 0.25) is 0 Å². The quantitative estimate of drug-likeness (QED) is 0.668. The molecule has 2 aromatic carbocycles. The highest BCUT2D eigenvalue weighted by molar-refractivity contribution is 5.96. The fraction of sp³-hybridized carbons (Fsp3) is 0.381. The Morgan fingerprint density at radius 1 is 0.920 bits per heavy atom. The molecule has 1 aliphatic heterocycles. The van der Waals surface area contributed by atoms with E-state index in [-0.39, 0.29) is 18.2 Å². The minimum absolute atomic E-state index is 0. The number of piperidine rings is 1. The molecule has 3 nitrogen and oxygen atoms in total. The second-order valence-electron chi connectivity index (χ2n) is 6.37. The van der Waals surface area contributed by atoms with Gasteiger partial charge in [0.15, 0.2) is 5.78 Å². The third-order valence-electron chi connectivity index (χ3n) is 4.53. The third kappa shape index (κ3) is 6.18. The molecule has 1 heterocycles. The molecule has 3 rings (SSSR count). The fourth-order valence-electron chi connectivity index (χ4n) is 3.06. The van der Waals surface area contributed by atoms with Crippen molar-refractivity contribution in [1.29, 1.82) is 0 Å². The Balaban J connectivity index is 0.00000225. The van der Waals surface area contributed by atoms with Gasteiger partial charge in [-0.1, -0.05) is 36.8 Å². The molecule has 25 heavy (non-hydrogen) atoms. The highest BCUT2D eigenvalue weighted by atomic mass is 35.5. The number of Topliss-reactive ketones (excluding diaryl/α,β-unsaturated/α-hetero) is 1. The van der Waals surface area contributed by atoms with E-state index in [0.717, 1.165) is 36.5 Å². The van der Waals surface area contributed by atoms with Crippen LogP contribution in [0.4, 0.5) is 0 Å². The number of hydrogen-bond acceptors (Lipinski definition) is 3. The van der Waals surface area contributed by atoms with Gasteiger partial charge in [0.05, 0.1) is 0 Å². The zero-order valence-electron chi connectivity index (χ0n) is 14.5. The monoisotopic (exact) mass is 359 g/mol. The molecular formula is C21H26ClNO2. The Morgan fingerprint density at radius 3 is 2.28 bits per heavy atom. The molecule has 0 unspecified atom stereocenters. The van der Waals surface area contributed by atoms with E-state index in [1.165, 1.54) is 19.3 Å². The lowest BCUT2D eigenvalue weighted by molar-refractivity contribution is 0.0958. The molecule has 1 aliphatic rings. The average Bonchev–Trinajstić information content (AvgIpc) is 2.66. The molecule has 0 aliphatic carbocycles. The lowest BCUT2D eigenvalue weighted by atomic mass is 10.1. The van der Waals surface area contributed by atoms with E-state index in [4.69, 9.17) is 4.74 Å². The van der Waals surface area contributed by atoms with E-state index in [1.807, 2.05) is 54.6 Å². The number of rotatable bonds is 7. The first kappa shape index (κ1) is 19.5. The van der Waals surface area contributed by atoms with Crippen molar-refractivity contribution in [3.05, 3.63) is 65.7 Å². The topological polar surface area (TPSA) is 29.5 Å². The molecule has 1 fully saturated rings. The van der Waals surface area contributed by atoms with E-state index in [2.05, 4.69) is 4.90 Å². The van der Waals surface area contributed by atoms with Crippen molar-refractivity contribution < 1.29 is 9.53 Å². The summed E-state index contributed by atoms with van der Waals surface area (Å²) >= 11 is 0. The maximum Gasteiger partial charge on any atom is 0.164 e. The summed E-state index contributed by atoms with van der Waals surface area (Å²) in [6.07, 6.45) is 4.46. The van der Waals surface area contributed by atoms with Gasteiger partial charge < -0.3 is 9.64 Å². The Labute approximate surface area is 156 Å². The first-order valence-electron chi connectivity index (χ1n) is 8.83. The van der Waals surface area contributed by atoms with Gasteiger partial charge >= 0.3 is 0 Å². The third-order valence-corrected chi connectivity index (χ3v) is 4.53. The molecule has 0 N–H and O–H groups in total. The van der Waals surface area contributed by atoms with E-state index in [1.54, 1.807) is 0 Å². The van der Waals surface area contributed by atoms with Crippen molar-refractivity contribution in [2.75, 3.05) is 19.6 Å². The van der Waals surface area contributed by atoms with Gasteiger partial charge in [0.1, 0.15) is 12.4 Å². The van der Waals surface area contributed by atoms with Gasteiger partial charge in [-0.2, -0.15) is 0 Å². The maximum atomic E-state index is 12.3. The summed E-state index contributed by atoms with van der Waals surface area (Å²) in [7, 11) is 0. The van der Waals surface area contributed by atoms with Crippen molar-refractivity contribution in [2.45, 2.75) is 32.3 Å². The summed E-state index contributed by atoms with van der Waals surface area (Å²) in [6.45, 7) is 3.70. The Kier molecular flexibility index (Phi) is 7.96. The second kappa shape index (κ2) is 10.2. The zero-order valence-corrected chi connectivity index (χ0v) is 15.3. The number of hydrogen-bond donors (Lipinski definition) is 0. The number of nitrogens with zero attached hydrogens (tertiary/aromatic N) is 1. The molecule has 0 bridgehead atoms. The summed E-state index contributed by atoms with van der Waals surface area (Å²) < 4.78 is 5.76. The van der Waals surface area contributed by atoms with Gasteiger partial charge in [0, 0.05) is 18.5 Å². The van der Waals surface area contributed by atoms with Gasteiger partial charge in [-0.25, -0.2) is 0 Å². The van der Waals surface area contributed by atoms with Crippen LogP contribution in [0.3, 0.4) is 0 Å². The van der Waals surface area contributed by atoms with Gasteiger partial charge in [0.25, 0.3) is 0 Å². The van der Waals surface area contributed by atoms with Crippen LogP contribution < -0.4 is 4.74 Å². The molecule has 2 aromatic rings. The first-order valence-corrected chi connectivity index (χ1v) is 8.83. The number of ether oxygens (including phenoxy) is 1. The first-order chi connectivity index (χ1) is 11.8. The van der Waals surface area contributed by atoms with E-state index < -0.39 is 0 Å². The largest absolute Gasteiger partial charge is 0.489 e. The zero-order chi connectivity index (χ0) is 16.6. The van der Waals surface area contributed by atoms with Gasteiger partial charge in [-0.15, -0.1) is 12.4 Å². The van der Waals surface area contributed by atoms with Crippen LogP contribution in [-0.2, 0) is 6.61 Å². The minimum atomic E-state index is 0. The molecular weight excluding hydrogens is 334 g/mol. The predicted octanol–water partition coefficient (Wildman–Crippen LogP) is 4.75. The van der Waals surface area contributed by atoms with Crippen LogP contribution in [-0.4, -0.2) is 30.3 Å². The number of carbonyl (C=O) groups is 1. The van der Waals surface area contributed by atoms with Crippen molar-refractivity contribution in [3.8, 4) is 5.75 Å². The summed E-state index contributed by atoms with van der Waals surface area (Å²) in [5.74, 6) is 1.02. The van der Waals surface area contributed by atoms with Crippen LogP contribution >= 0.6 is 12.4 Å². The van der Waals surface area contributed by atoms with Crippen LogP contribution in [0.1, 0.15) is 41.6 Å². The Morgan fingerprint density at radius 2 is 1.60 bits per heavy atom. The number of ketones is 1. The molecule has 0 atom stereocenters. The lowest BCUT2D eigenvalue weighted by Crippen LogP contribution is -2.31. The SMILES string of the molecule is Cl.O=C(CCN1CCCCC1)c1ccc(OCc2ccccc2)cc1. The average molecular weight is 360 g/mol. The van der Waals surface area contributed by atoms with Crippen molar-refractivity contribution in [3.63, 3.8) is 0 Å². The van der Waals surface area contributed by atoms with Crippen molar-refractivity contribution in [2.24, 2.45) is 0 Å². The second-order valence-corrected chi connectivity index (χ2v) is 6.37. The van der Waals surface area contributed by atoms with Gasteiger partial charge in [-0.05, 0) is 55.8 Å². The summed E-state index contributed by atoms with van der Waals surface area (Å²) in [4.78, 5) is 14.7. The highest BCUT2D eigenvalue weighted by Gasteiger charge is 2.12. The van der Waals surface area contributed by atoms with Crippen LogP contribution in [0.5, 0.6) is 5.75 Å². The number of carbonyl (C=O) groups excluding carboxylic acids is 1. The summed E-state index contributed by atoms with van der Waals surface area (Å²) in [5.41, 5.74) is 1.92. The van der Waals surface area contributed by atoms with Crippen LogP contribution in [0.25, 0.3) is 0 Å². The van der Waals surface area contributed by atoms with Crippen molar-refractivity contribution in [1.82, 2.24) is 4.90 Å². The van der Waals surface area contributed by atoms with Gasteiger partial charge in [-0.3, -0.25) is 4.79 Å². The number of likely N-dealkylation sites (tertiary alicyclic amines) is 1. The Bertz CT molecular complexity index is 637. The Hall–Kier alpha value is -1.84. The van der Waals surface area contributed by atoms with E-state index >= 15 is 0 Å². The molecule has 0 amide bonds. The highest BCUT2D eigenvalue weighted by Crippen LogP contribution is 2.16. The van der Waals surface area contributed by atoms with E-state index in [0.29, 0.717) is 13.0 Å². The molecule has 0 saturated carbocycles. The molecule has 0 radical (unpaired) electrons. The lowest BCUT2D eigenvalue weighted by Gasteiger charge is -2.25. The standard InChI is InChI=1S/C21H25NO2.ClH/c23-21(13-16-22-14-5-2-6-15-22)19-9-11-20(12-10-19)24-17-18-7-3-1-4-8-18;/h1,3-4,7-12H,2,5-6,13-17H2;1H. The minimum Gasteiger partial charge on any atom is -0.489 e. The molecule has 0 aromatic heterocycles. The molecule has 0 spiro atoms. The predicted molar refractivity (Wildman–Crippen MR) is 104 cm³/mol. The van der Waals surface area contributed by atoms with Crippen molar-refractivity contribution >= 4 is 18.2 Å². The van der Waals surface area contributed by atoms with Crippen LogP contribution in [0.2, 0.25) is 0 Å². The van der Waals surface area contributed by atoms with E-state index in [9.17, 15) is 4.79 Å².